The molecule has 1 heterocycles. The summed E-state index contributed by atoms with van der Waals surface area (Å²) in [5.41, 5.74) is 0. The minimum absolute atomic E-state index is 0.570. The zero-order chi connectivity index (χ0) is 8.81. The highest BCUT2D eigenvalue weighted by molar-refractivity contribution is 4.95. The second kappa shape index (κ2) is 4.95. The Bertz CT molecular complexity index is 194. The van der Waals surface area contributed by atoms with Gasteiger partial charge in [0.05, 0.1) is 12.9 Å². The van der Waals surface area contributed by atoms with Gasteiger partial charge < -0.3 is 14.1 Å². The summed E-state index contributed by atoms with van der Waals surface area (Å²) in [6.45, 7) is 2.26. The minimum Gasteiger partial charge on any atom is -0.467 e. The van der Waals surface area contributed by atoms with Crippen LogP contribution in [0.1, 0.15) is 5.76 Å². The van der Waals surface area contributed by atoms with E-state index in [-0.39, 0.29) is 0 Å². The van der Waals surface area contributed by atoms with Crippen molar-refractivity contribution < 1.29 is 9.15 Å². The summed E-state index contributed by atoms with van der Waals surface area (Å²) in [7, 11) is 4.05. The van der Waals surface area contributed by atoms with Gasteiger partial charge in [0.1, 0.15) is 12.4 Å². The van der Waals surface area contributed by atoms with Gasteiger partial charge in [0, 0.05) is 6.54 Å². The first-order chi connectivity index (χ1) is 5.79. The molecule has 3 heteroatoms. The summed E-state index contributed by atoms with van der Waals surface area (Å²) in [6, 6.07) is 3.78. The monoisotopic (exact) mass is 169 g/mol. The second-order valence-electron chi connectivity index (χ2n) is 2.94. The van der Waals surface area contributed by atoms with Crippen LogP contribution >= 0.6 is 0 Å². The summed E-state index contributed by atoms with van der Waals surface area (Å²) in [5, 5.41) is 0. The Morgan fingerprint density at radius 1 is 1.50 bits per heavy atom. The molecule has 0 saturated carbocycles. The van der Waals surface area contributed by atoms with Gasteiger partial charge in [-0.05, 0) is 26.2 Å². The van der Waals surface area contributed by atoms with Crippen molar-refractivity contribution in [2.24, 2.45) is 0 Å². The number of rotatable bonds is 5. The van der Waals surface area contributed by atoms with Crippen molar-refractivity contribution in [3.8, 4) is 0 Å². The van der Waals surface area contributed by atoms with E-state index in [9.17, 15) is 0 Å². The van der Waals surface area contributed by atoms with Gasteiger partial charge in [0.15, 0.2) is 0 Å². The topological polar surface area (TPSA) is 25.6 Å². The molecule has 0 spiro atoms. The summed E-state index contributed by atoms with van der Waals surface area (Å²) in [5.74, 6) is 0.883. The fraction of sp³-hybridized carbons (Fsp3) is 0.556. The zero-order valence-corrected chi connectivity index (χ0v) is 7.62. The van der Waals surface area contributed by atoms with E-state index in [1.54, 1.807) is 6.26 Å². The van der Waals surface area contributed by atoms with Crippen LogP contribution in [0.25, 0.3) is 0 Å². The van der Waals surface area contributed by atoms with Gasteiger partial charge in [-0.3, -0.25) is 0 Å². The summed E-state index contributed by atoms with van der Waals surface area (Å²) < 4.78 is 10.5. The highest BCUT2D eigenvalue weighted by Gasteiger charge is 1.95. The van der Waals surface area contributed by atoms with Gasteiger partial charge in [-0.15, -0.1) is 0 Å². The van der Waals surface area contributed by atoms with E-state index in [0.29, 0.717) is 6.61 Å². The Balaban J connectivity index is 2.04. The molecule has 0 unspecified atom stereocenters. The van der Waals surface area contributed by atoms with E-state index < -0.39 is 0 Å². The van der Waals surface area contributed by atoms with Crippen LogP contribution in [0.15, 0.2) is 22.8 Å². The number of hydrogen-bond acceptors (Lipinski definition) is 3. The first kappa shape index (κ1) is 9.29. The quantitative estimate of drug-likeness (QED) is 0.622. The number of nitrogens with zero attached hydrogens (tertiary/aromatic N) is 1. The van der Waals surface area contributed by atoms with E-state index in [4.69, 9.17) is 9.15 Å². The molecular formula is C9H15NO2. The van der Waals surface area contributed by atoms with Gasteiger partial charge in [-0.2, -0.15) is 0 Å². The van der Waals surface area contributed by atoms with Crippen LogP contribution in [0.4, 0.5) is 0 Å². The van der Waals surface area contributed by atoms with Crippen molar-refractivity contribution in [1.82, 2.24) is 4.90 Å². The van der Waals surface area contributed by atoms with Crippen LogP contribution in [0, 0.1) is 0 Å². The van der Waals surface area contributed by atoms with Gasteiger partial charge in [-0.1, -0.05) is 0 Å². The Labute approximate surface area is 72.9 Å². The molecule has 0 atom stereocenters. The first-order valence-electron chi connectivity index (χ1n) is 4.04. The van der Waals surface area contributed by atoms with Crippen molar-refractivity contribution in [3.05, 3.63) is 24.2 Å². The van der Waals surface area contributed by atoms with Gasteiger partial charge >= 0.3 is 0 Å². The van der Waals surface area contributed by atoms with Crippen molar-refractivity contribution in [3.63, 3.8) is 0 Å². The number of furan rings is 1. The Morgan fingerprint density at radius 3 is 2.92 bits per heavy atom. The van der Waals surface area contributed by atoms with Crippen molar-refractivity contribution >= 4 is 0 Å². The average Bonchev–Trinajstić information content (AvgIpc) is 2.49. The maximum atomic E-state index is 5.35. The lowest BCUT2D eigenvalue weighted by Crippen LogP contribution is -2.17. The lowest BCUT2D eigenvalue weighted by Gasteiger charge is -2.08. The smallest absolute Gasteiger partial charge is 0.129 e. The van der Waals surface area contributed by atoms with Crippen LogP contribution in [-0.4, -0.2) is 32.1 Å². The van der Waals surface area contributed by atoms with E-state index in [1.807, 2.05) is 26.2 Å². The van der Waals surface area contributed by atoms with E-state index in [2.05, 4.69) is 4.90 Å². The third-order valence-electron chi connectivity index (χ3n) is 1.51. The molecule has 12 heavy (non-hydrogen) atoms. The molecule has 1 rings (SSSR count). The SMILES string of the molecule is CN(C)CCOCc1ccco1. The molecule has 3 nitrogen and oxygen atoms in total. The standard InChI is InChI=1S/C9H15NO2/c1-10(2)5-7-11-8-9-4-3-6-12-9/h3-4,6H,5,7-8H2,1-2H3. The third-order valence-corrected chi connectivity index (χ3v) is 1.51. The molecule has 0 saturated heterocycles. The molecule has 1 aromatic rings. The predicted octanol–water partition coefficient (Wildman–Crippen LogP) is 1.36. The molecule has 0 fully saturated rings. The van der Waals surface area contributed by atoms with Crippen LogP contribution in [0.2, 0.25) is 0 Å². The van der Waals surface area contributed by atoms with E-state index in [1.165, 1.54) is 0 Å². The predicted molar refractivity (Wildman–Crippen MR) is 46.9 cm³/mol. The van der Waals surface area contributed by atoms with E-state index in [0.717, 1.165) is 18.9 Å². The molecule has 0 bridgehead atoms. The lowest BCUT2D eigenvalue weighted by molar-refractivity contribution is 0.0926. The fourth-order valence-corrected chi connectivity index (χ4v) is 0.815. The van der Waals surface area contributed by atoms with Crippen LogP contribution in [-0.2, 0) is 11.3 Å². The maximum absolute atomic E-state index is 5.35. The average molecular weight is 169 g/mol. The van der Waals surface area contributed by atoms with Gasteiger partial charge in [-0.25, -0.2) is 0 Å². The van der Waals surface area contributed by atoms with Crippen LogP contribution in [0.3, 0.4) is 0 Å². The Morgan fingerprint density at radius 2 is 2.33 bits per heavy atom. The summed E-state index contributed by atoms with van der Waals surface area (Å²) in [4.78, 5) is 2.09. The highest BCUT2D eigenvalue weighted by Crippen LogP contribution is 2.00. The number of hydrogen-bond donors (Lipinski definition) is 0. The van der Waals surface area contributed by atoms with Gasteiger partial charge in [0.25, 0.3) is 0 Å². The van der Waals surface area contributed by atoms with Gasteiger partial charge in [0.2, 0.25) is 0 Å². The van der Waals surface area contributed by atoms with Crippen molar-refractivity contribution in [1.29, 1.82) is 0 Å². The molecule has 0 aliphatic carbocycles. The lowest BCUT2D eigenvalue weighted by atomic mass is 10.5. The zero-order valence-electron chi connectivity index (χ0n) is 7.62. The van der Waals surface area contributed by atoms with Crippen LogP contribution in [0.5, 0.6) is 0 Å². The second-order valence-corrected chi connectivity index (χ2v) is 2.94. The normalized spacial score (nSPS) is 10.9. The highest BCUT2D eigenvalue weighted by atomic mass is 16.5. The number of ether oxygens (including phenoxy) is 1. The molecule has 0 N–H and O–H groups in total. The fourth-order valence-electron chi connectivity index (χ4n) is 0.815. The number of likely N-dealkylation sites (N-methyl/N-ethyl adjacent to an activating group) is 1. The molecule has 0 aromatic carbocycles. The molecule has 68 valence electrons. The molecule has 1 aromatic heterocycles. The van der Waals surface area contributed by atoms with Crippen molar-refractivity contribution in [2.75, 3.05) is 27.2 Å². The molecular weight excluding hydrogens is 154 g/mol. The minimum atomic E-state index is 0.570. The Hall–Kier alpha value is -0.800. The third kappa shape index (κ3) is 3.55. The molecule has 0 aliphatic heterocycles. The van der Waals surface area contributed by atoms with Crippen molar-refractivity contribution in [2.45, 2.75) is 6.61 Å². The maximum Gasteiger partial charge on any atom is 0.129 e. The first-order valence-corrected chi connectivity index (χ1v) is 4.04. The van der Waals surface area contributed by atoms with E-state index >= 15 is 0 Å². The summed E-state index contributed by atoms with van der Waals surface area (Å²) >= 11 is 0. The molecule has 0 aliphatic rings. The Kier molecular flexibility index (Phi) is 3.84. The molecule has 0 amide bonds. The largest absolute Gasteiger partial charge is 0.467 e. The summed E-state index contributed by atoms with van der Waals surface area (Å²) in [6.07, 6.45) is 1.66. The van der Waals surface area contributed by atoms with Crippen LogP contribution < -0.4 is 0 Å². The molecule has 0 radical (unpaired) electrons.